The van der Waals surface area contributed by atoms with E-state index in [0.29, 0.717) is 0 Å². The van der Waals surface area contributed by atoms with E-state index in [-0.39, 0.29) is 6.15 Å². The van der Waals surface area contributed by atoms with Crippen molar-refractivity contribution in [3.05, 3.63) is 0 Å². The highest BCUT2D eigenvalue weighted by molar-refractivity contribution is 4.42. The van der Waals surface area contributed by atoms with Crippen molar-refractivity contribution in [3.63, 3.8) is 0 Å². The summed E-state index contributed by atoms with van der Waals surface area (Å²) in [5.74, 6) is 0. The third-order valence-electron chi connectivity index (χ3n) is 0.854. The quantitative estimate of drug-likeness (QED) is 0.456. The fourth-order valence-corrected chi connectivity index (χ4v) is 0.442. The summed E-state index contributed by atoms with van der Waals surface area (Å²) in [5.41, 5.74) is 0. The van der Waals surface area contributed by atoms with Crippen LogP contribution in [-0.2, 0) is 0 Å². The Morgan fingerprint density at radius 1 is 1.00 bits per heavy atom. The summed E-state index contributed by atoms with van der Waals surface area (Å²) >= 11 is 0. The van der Waals surface area contributed by atoms with Crippen molar-refractivity contribution in [2.45, 2.75) is 6.42 Å². The van der Waals surface area contributed by atoms with E-state index in [1.165, 1.54) is 6.42 Å². The molecule has 0 heterocycles. The SMILES string of the molecule is CNCCCNC.N. The monoisotopic (exact) mass is 119 g/mol. The Hall–Kier alpha value is -0.120. The second-order valence-corrected chi connectivity index (χ2v) is 1.56. The minimum atomic E-state index is 0. The van der Waals surface area contributed by atoms with Gasteiger partial charge in [0, 0.05) is 0 Å². The molecule has 0 aliphatic rings. The van der Waals surface area contributed by atoms with Gasteiger partial charge in [0.2, 0.25) is 0 Å². The molecule has 3 heteroatoms. The van der Waals surface area contributed by atoms with Crippen LogP contribution in [0.2, 0.25) is 0 Å². The normalized spacial score (nSPS) is 8.25. The first kappa shape index (κ1) is 10.8. The molecule has 5 N–H and O–H groups in total. The maximum atomic E-state index is 3.06. The van der Waals surface area contributed by atoms with Gasteiger partial charge in [-0.25, -0.2) is 0 Å². The van der Waals surface area contributed by atoms with Crippen LogP contribution in [0.25, 0.3) is 0 Å². The highest BCUT2D eigenvalue weighted by Crippen LogP contribution is 1.66. The number of hydrogen-bond acceptors (Lipinski definition) is 3. The van der Waals surface area contributed by atoms with Crippen molar-refractivity contribution >= 4 is 0 Å². The molecule has 0 aromatic rings. The molecule has 0 amide bonds. The molecule has 0 aromatic carbocycles. The predicted octanol–water partition coefficient (Wildman–Crippen LogP) is -0.0227. The first-order chi connectivity index (χ1) is 3.41. The molecule has 0 rings (SSSR count). The van der Waals surface area contributed by atoms with Crippen LogP contribution in [0, 0.1) is 0 Å². The first-order valence-corrected chi connectivity index (χ1v) is 2.71. The van der Waals surface area contributed by atoms with Gasteiger partial charge in [-0.15, -0.1) is 0 Å². The van der Waals surface area contributed by atoms with Crippen LogP contribution in [0.4, 0.5) is 0 Å². The predicted molar refractivity (Wildman–Crippen MR) is 37.5 cm³/mol. The molecule has 0 aliphatic carbocycles. The van der Waals surface area contributed by atoms with Gasteiger partial charge in [-0.1, -0.05) is 0 Å². The first-order valence-electron chi connectivity index (χ1n) is 2.71. The smallest absolute Gasteiger partial charge is 0.00398 e. The maximum Gasteiger partial charge on any atom is -0.00398 e. The summed E-state index contributed by atoms with van der Waals surface area (Å²) in [6.07, 6.45) is 1.22. The molecule has 0 aliphatic heterocycles. The summed E-state index contributed by atoms with van der Waals surface area (Å²) in [7, 11) is 3.94. The highest BCUT2D eigenvalue weighted by atomic mass is 14.8. The molecule has 0 aromatic heterocycles. The lowest BCUT2D eigenvalue weighted by Gasteiger charge is -1.95. The lowest BCUT2D eigenvalue weighted by molar-refractivity contribution is 0.676. The third-order valence-corrected chi connectivity index (χ3v) is 0.854. The van der Waals surface area contributed by atoms with E-state index in [0.717, 1.165) is 13.1 Å². The summed E-state index contributed by atoms with van der Waals surface area (Å²) in [6, 6.07) is 0. The second-order valence-electron chi connectivity index (χ2n) is 1.56. The summed E-state index contributed by atoms with van der Waals surface area (Å²) in [4.78, 5) is 0. The molecule has 0 unspecified atom stereocenters. The Balaban J connectivity index is 0. The fraction of sp³-hybridized carbons (Fsp3) is 1.00. The van der Waals surface area contributed by atoms with Crippen molar-refractivity contribution in [3.8, 4) is 0 Å². The minimum absolute atomic E-state index is 0. The zero-order valence-electron chi connectivity index (χ0n) is 5.83. The minimum Gasteiger partial charge on any atom is -0.344 e. The van der Waals surface area contributed by atoms with Gasteiger partial charge >= 0.3 is 0 Å². The molecule has 52 valence electrons. The van der Waals surface area contributed by atoms with Gasteiger partial charge in [0.25, 0.3) is 0 Å². The van der Waals surface area contributed by atoms with Crippen LogP contribution in [0.3, 0.4) is 0 Å². The molecular weight excluding hydrogens is 102 g/mol. The van der Waals surface area contributed by atoms with Gasteiger partial charge < -0.3 is 16.8 Å². The van der Waals surface area contributed by atoms with Crippen molar-refractivity contribution in [1.29, 1.82) is 0 Å². The molecule has 8 heavy (non-hydrogen) atoms. The van der Waals surface area contributed by atoms with E-state index < -0.39 is 0 Å². The lowest BCUT2D eigenvalue weighted by Crippen LogP contribution is -2.15. The summed E-state index contributed by atoms with van der Waals surface area (Å²) in [6.45, 7) is 2.22. The van der Waals surface area contributed by atoms with Gasteiger partial charge in [-0.05, 0) is 33.6 Å². The Kier molecular flexibility index (Phi) is 13.5. The third kappa shape index (κ3) is 9.30. The van der Waals surface area contributed by atoms with Crippen molar-refractivity contribution in [2.75, 3.05) is 27.2 Å². The largest absolute Gasteiger partial charge is 0.344 e. The van der Waals surface area contributed by atoms with Gasteiger partial charge in [-0.3, -0.25) is 0 Å². The zero-order valence-corrected chi connectivity index (χ0v) is 5.83. The average molecular weight is 119 g/mol. The second kappa shape index (κ2) is 9.99. The molecule has 0 radical (unpaired) electrons. The number of hydrogen-bond donors (Lipinski definition) is 3. The van der Waals surface area contributed by atoms with E-state index in [4.69, 9.17) is 0 Å². The van der Waals surface area contributed by atoms with Gasteiger partial charge in [0.15, 0.2) is 0 Å². The Morgan fingerprint density at radius 2 is 1.38 bits per heavy atom. The molecule has 0 bridgehead atoms. The van der Waals surface area contributed by atoms with Gasteiger partial charge in [-0.2, -0.15) is 0 Å². The molecule has 0 saturated carbocycles. The lowest BCUT2D eigenvalue weighted by atomic mass is 10.4. The van der Waals surface area contributed by atoms with E-state index in [1.54, 1.807) is 0 Å². The fourth-order valence-electron chi connectivity index (χ4n) is 0.442. The van der Waals surface area contributed by atoms with E-state index >= 15 is 0 Å². The average Bonchev–Trinajstić information content (AvgIpc) is 1.69. The maximum absolute atomic E-state index is 3.06. The van der Waals surface area contributed by atoms with Gasteiger partial charge in [0.05, 0.1) is 0 Å². The van der Waals surface area contributed by atoms with Gasteiger partial charge in [0.1, 0.15) is 0 Å². The molecule has 0 fully saturated rings. The van der Waals surface area contributed by atoms with Crippen molar-refractivity contribution in [1.82, 2.24) is 16.8 Å². The standard InChI is InChI=1S/C5H14N2.H3N/c1-6-4-3-5-7-2;/h6-7H,3-5H2,1-2H3;1H3. The Morgan fingerprint density at radius 3 is 1.62 bits per heavy atom. The molecule has 3 nitrogen and oxygen atoms in total. The summed E-state index contributed by atoms with van der Waals surface area (Å²) in [5, 5.41) is 6.12. The molecule has 0 atom stereocenters. The Labute approximate surface area is 51.4 Å². The van der Waals surface area contributed by atoms with Crippen LogP contribution in [-0.4, -0.2) is 27.2 Å². The van der Waals surface area contributed by atoms with E-state index in [1.807, 2.05) is 14.1 Å². The van der Waals surface area contributed by atoms with Crippen LogP contribution in [0.1, 0.15) is 6.42 Å². The molecule has 0 saturated heterocycles. The Bertz CT molecular complexity index is 26.9. The van der Waals surface area contributed by atoms with Crippen molar-refractivity contribution in [2.24, 2.45) is 0 Å². The van der Waals surface area contributed by atoms with Crippen LogP contribution >= 0.6 is 0 Å². The van der Waals surface area contributed by atoms with Crippen LogP contribution in [0.15, 0.2) is 0 Å². The van der Waals surface area contributed by atoms with Crippen LogP contribution in [0.5, 0.6) is 0 Å². The number of nitrogens with one attached hydrogen (secondary N) is 2. The van der Waals surface area contributed by atoms with E-state index in [9.17, 15) is 0 Å². The molecule has 0 spiro atoms. The van der Waals surface area contributed by atoms with E-state index in [2.05, 4.69) is 10.6 Å². The number of rotatable bonds is 4. The zero-order chi connectivity index (χ0) is 5.54. The highest BCUT2D eigenvalue weighted by Gasteiger charge is 1.77. The molecular formula is C5H17N3. The van der Waals surface area contributed by atoms with Crippen molar-refractivity contribution < 1.29 is 0 Å². The van der Waals surface area contributed by atoms with Crippen LogP contribution < -0.4 is 16.8 Å². The summed E-state index contributed by atoms with van der Waals surface area (Å²) < 4.78 is 0. The topological polar surface area (TPSA) is 59.1 Å².